The Labute approximate surface area is 104 Å². The molecule has 0 bridgehead atoms. The van der Waals surface area contributed by atoms with Crippen LogP contribution in [-0.4, -0.2) is 11.7 Å². The molecule has 94 valence electrons. The fraction of sp³-hybridized carbons (Fsp3) is 0.600. The van der Waals surface area contributed by atoms with E-state index in [1.807, 2.05) is 18.2 Å². The van der Waals surface area contributed by atoms with E-state index in [-0.39, 0.29) is 11.7 Å². The molecule has 2 heteroatoms. The summed E-state index contributed by atoms with van der Waals surface area (Å²) in [6.07, 6.45) is 1.98. The highest BCUT2D eigenvalue weighted by Gasteiger charge is 2.44. The van der Waals surface area contributed by atoms with Crippen molar-refractivity contribution in [1.29, 1.82) is 0 Å². The van der Waals surface area contributed by atoms with E-state index in [4.69, 9.17) is 9.47 Å². The Bertz CT molecular complexity index is 372. The van der Waals surface area contributed by atoms with Gasteiger partial charge in [-0.25, -0.2) is 0 Å². The quantitative estimate of drug-likeness (QED) is 0.773. The fourth-order valence-corrected chi connectivity index (χ4v) is 2.75. The van der Waals surface area contributed by atoms with Crippen molar-refractivity contribution >= 4 is 0 Å². The van der Waals surface area contributed by atoms with Gasteiger partial charge in [-0.3, -0.25) is 0 Å². The molecule has 2 nitrogen and oxygen atoms in total. The lowest BCUT2D eigenvalue weighted by molar-refractivity contribution is -0.350. The predicted molar refractivity (Wildman–Crippen MR) is 68.7 cm³/mol. The smallest absolute Gasteiger partial charge is 0.195 e. The first-order valence-electron chi connectivity index (χ1n) is 6.41. The van der Waals surface area contributed by atoms with Gasteiger partial charge in [-0.15, -0.1) is 0 Å². The Hall–Kier alpha value is -0.860. The molecule has 17 heavy (non-hydrogen) atoms. The van der Waals surface area contributed by atoms with Crippen LogP contribution in [0.3, 0.4) is 0 Å². The van der Waals surface area contributed by atoms with Crippen LogP contribution < -0.4 is 0 Å². The van der Waals surface area contributed by atoms with Gasteiger partial charge in [-0.1, -0.05) is 37.3 Å². The van der Waals surface area contributed by atoms with Gasteiger partial charge >= 0.3 is 0 Å². The summed E-state index contributed by atoms with van der Waals surface area (Å²) >= 11 is 0. The lowest BCUT2D eigenvalue weighted by atomic mass is 9.94. The molecule has 0 unspecified atom stereocenters. The summed E-state index contributed by atoms with van der Waals surface area (Å²) in [6.45, 7) is 8.51. The molecule has 0 radical (unpaired) electrons. The number of rotatable bonds is 2. The zero-order chi connectivity index (χ0) is 12.5. The lowest BCUT2D eigenvalue weighted by Gasteiger charge is -2.47. The highest BCUT2D eigenvalue weighted by atomic mass is 16.7. The number of hydrogen-bond donors (Lipinski definition) is 0. The van der Waals surface area contributed by atoms with Crippen LogP contribution >= 0.6 is 0 Å². The van der Waals surface area contributed by atoms with E-state index in [0.29, 0.717) is 0 Å². The molecule has 0 spiro atoms. The van der Waals surface area contributed by atoms with Crippen LogP contribution in [0.4, 0.5) is 0 Å². The molecule has 1 fully saturated rings. The molecule has 0 aromatic heterocycles. The third kappa shape index (κ3) is 2.53. The molecule has 0 N–H and O–H groups in total. The molecule has 2 rings (SSSR count). The van der Waals surface area contributed by atoms with Crippen LogP contribution in [-0.2, 0) is 15.3 Å². The van der Waals surface area contributed by atoms with E-state index in [9.17, 15) is 0 Å². The number of benzene rings is 1. The first-order chi connectivity index (χ1) is 7.97. The van der Waals surface area contributed by atoms with Crippen molar-refractivity contribution < 1.29 is 9.47 Å². The van der Waals surface area contributed by atoms with Crippen LogP contribution in [0.2, 0.25) is 0 Å². The van der Waals surface area contributed by atoms with Crippen LogP contribution in [0, 0.1) is 0 Å². The Morgan fingerprint density at radius 1 is 1.24 bits per heavy atom. The van der Waals surface area contributed by atoms with Gasteiger partial charge in [0.1, 0.15) is 0 Å². The average Bonchev–Trinajstić information content (AvgIpc) is 2.27. The second-order valence-electron chi connectivity index (χ2n) is 5.47. The van der Waals surface area contributed by atoms with Crippen molar-refractivity contribution in [3.05, 3.63) is 35.9 Å². The molecule has 1 aromatic carbocycles. The van der Waals surface area contributed by atoms with Crippen LogP contribution in [0.1, 0.15) is 46.1 Å². The monoisotopic (exact) mass is 234 g/mol. The Morgan fingerprint density at radius 2 is 1.88 bits per heavy atom. The molecule has 0 aliphatic carbocycles. The van der Waals surface area contributed by atoms with Crippen LogP contribution in [0.5, 0.6) is 0 Å². The average molecular weight is 234 g/mol. The maximum atomic E-state index is 6.24. The molecule has 2 atom stereocenters. The maximum Gasteiger partial charge on any atom is 0.195 e. The van der Waals surface area contributed by atoms with Gasteiger partial charge in [0.2, 0.25) is 0 Å². The highest BCUT2D eigenvalue weighted by Crippen LogP contribution is 2.42. The summed E-state index contributed by atoms with van der Waals surface area (Å²) in [6, 6.07) is 10.2. The van der Waals surface area contributed by atoms with E-state index in [1.165, 1.54) is 0 Å². The van der Waals surface area contributed by atoms with E-state index >= 15 is 0 Å². The van der Waals surface area contributed by atoms with Crippen molar-refractivity contribution in [2.24, 2.45) is 0 Å². The third-order valence-corrected chi connectivity index (χ3v) is 3.29. The van der Waals surface area contributed by atoms with Gasteiger partial charge in [0, 0.05) is 18.4 Å². The first kappa shape index (κ1) is 12.6. The molecule has 0 saturated carbocycles. The summed E-state index contributed by atoms with van der Waals surface area (Å²) < 4.78 is 12.4. The first-order valence-corrected chi connectivity index (χ1v) is 6.41. The topological polar surface area (TPSA) is 18.5 Å². The van der Waals surface area contributed by atoms with Crippen molar-refractivity contribution in [2.45, 2.75) is 58.0 Å². The van der Waals surface area contributed by atoms with E-state index in [2.05, 4.69) is 39.8 Å². The molecular weight excluding hydrogens is 212 g/mol. The second-order valence-corrected chi connectivity index (χ2v) is 5.47. The Kier molecular flexibility index (Phi) is 3.28. The molecule has 0 amide bonds. The summed E-state index contributed by atoms with van der Waals surface area (Å²) in [7, 11) is 0. The minimum atomic E-state index is -0.581. The Balaban J connectivity index is 2.37. The van der Waals surface area contributed by atoms with Crippen LogP contribution in [0.25, 0.3) is 0 Å². The predicted octanol–water partition coefficient (Wildman–Crippen LogP) is 3.85. The van der Waals surface area contributed by atoms with Crippen molar-refractivity contribution in [3.8, 4) is 0 Å². The zero-order valence-electron chi connectivity index (χ0n) is 11.2. The fourth-order valence-electron chi connectivity index (χ4n) is 2.75. The largest absolute Gasteiger partial charge is 0.343 e. The summed E-state index contributed by atoms with van der Waals surface area (Å²) in [5.74, 6) is -0.581. The SMILES string of the molecule is CC[C@@]1(c2ccccc2)O[C@H](C)CC(C)(C)O1. The molecular formula is C15H22O2. The van der Waals surface area contributed by atoms with E-state index in [0.717, 1.165) is 18.4 Å². The normalized spacial score (nSPS) is 32.4. The Morgan fingerprint density at radius 3 is 2.41 bits per heavy atom. The van der Waals surface area contributed by atoms with E-state index in [1.54, 1.807) is 0 Å². The zero-order valence-corrected chi connectivity index (χ0v) is 11.2. The molecule has 1 aromatic rings. The molecule has 1 aliphatic rings. The van der Waals surface area contributed by atoms with Crippen molar-refractivity contribution in [1.82, 2.24) is 0 Å². The summed E-state index contributed by atoms with van der Waals surface area (Å²) in [4.78, 5) is 0. The van der Waals surface area contributed by atoms with Crippen molar-refractivity contribution in [2.75, 3.05) is 0 Å². The number of hydrogen-bond acceptors (Lipinski definition) is 2. The van der Waals surface area contributed by atoms with Gasteiger partial charge < -0.3 is 9.47 Å². The molecule has 1 aliphatic heterocycles. The highest BCUT2D eigenvalue weighted by molar-refractivity contribution is 5.21. The van der Waals surface area contributed by atoms with Crippen molar-refractivity contribution in [3.63, 3.8) is 0 Å². The summed E-state index contributed by atoms with van der Waals surface area (Å²) in [5, 5.41) is 0. The van der Waals surface area contributed by atoms with Gasteiger partial charge in [0.05, 0.1) is 11.7 Å². The van der Waals surface area contributed by atoms with E-state index < -0.39 is 5.79 Å². The lowest BCUT2D eigenvalue weighted by Crippen LogP contribution is -2.49. The van der Waals surface area contributed by atoms with Gasteiger partial charge in [0.25, 0.3) is 0 Å². The summed E-state index contributed by atoms with van der Waals surface area (Å²) in [5.41, 5.74) is 0.978. The van der Waals surface area contributed by atoms with Gasteiger partial charge in [-0.2, -0.15) is 0 Å². The maximum absolute atomic E-state index is 6.24. The molecule has 1 heterocycles. The van der Waals surface area contributed by atoms with Gasteiger partial charge in [0.15, 0.2) is 5.79 Å². The second kappa shape index (κ2) is 4.43. The van der Waals surface area contributed by atoms with Gasteiger partial charge in [-0.05, 0) is 20.8 Å². The minimum Gasteiger partial charge on any atom is -0.343 e. The minimum absolute atomic E-state index is 0.135. The molecule has 1 saturated heterocycles. The third-order valence-electron chi connectivity index (χ3n) is 3.29. The number of ether oxygens (including phenoxy) is 2. The standard InChI is InChI=1S/C15H22O2/c1-5-15(13-9-7-6-8-10-13)16-12(2)11-14(3,4)17-15/h6-10,12H,5,11H2,1-4H3/t12-,15-/m1/s1. The van der Waals surface area contributed by atoms with Crippen LogP contribution in [0.15, 0.2) is 30.3 Å².